The Morgan fingerprint density at radius 1 is 1.56 bits per heavy atom. The lowest BCUT2D eigenvalue weighted by Crippen LogP contribution is -2.04. The number of nitro benzene ring substituents is 1. The molecular weight excluding hydrogens is 214 g/mol. The van der Waals surface area contributed by atoms with Crippen LogP contribution >= 0.6 is 0 Å². The summed E-state index contributed by atoms with van der Waals surface area (Å²) < 4.78 is 5.18. The van der Waals surface area contributed by atoms with Crippen molar-refractivity contribution in [2.75, 3.05) is 6.61 Å². The molecule has 0 unspecified atom stereocenters. The molecule has 0 heterocycles. The maximum atomic E-state index is 10.9. The number of carbonyl (C=O) groups is 1. The zero-order valence-electron chi connectivity index (χ0n) is 8.67. The second-order valence-electron chi connectivity index (χ2n) is 3.09. The molecule has 1 rings (SSSR count). The quantitative estimate of drug-likeness (QED) is 0.612. The smallest absolute Gasteiger partial charge is 0.339 e. The first-order chi connectivity index (χ1) is 7.56. The monoisotopic (exact) mass is 225 g/mol. The van der Waals surface area contributed by atoms with Crippen LogP contribution in [0.2, 0.25) is 0 Å². The van der Waals surface area contributed by atoms with E-state index in [9.17, 15) is 14.9 Å². The van der Waals surface area contributed by atoms with Gasteiger partial charge in [-0.2, -0.15) is 0 Å². The summed E-state index contributed by atoms with van der Waals surface area (Å²) in [4.78, 5) is 20.7. The summed E-state index contributed by atoms with van der Waals surface area (Å²) in [5.41, 5.74) is -0.455. The molecule has 0 saturated carbocycles. The van der Waals surface area contributed by atoms with E-state index in [4.69, 9.17) is 9.84 Å². The van der Waals surface area contributed by atoms with Gasteiger partial charge in [-0.15, -0.1) is 0 Å². The zero-order chi connectivity index (χ0) is 12.1. The fraction of sp³-hybridized carbons (Fsp3) is 0.300. The summed E-state index contributed by atoms with van der Waals surface area (Å²) in [7, 11) is 0. The van der Waals surface area contributed by atoms with Crippen molar-refractivity contribution in [1.29, 1.82) is 0 Å². The number of benzene rings is 1. The van der Waals surface area contributed by atoms with Crippen molar-refractivity contribution in [1.82, 2.24) is 0 Å². The van der Waals surface area contributed by atoms with Crippen molar-refractivity contribution in [2.24, 2.45) is 0 Å². The van der Waals surface area contributed by atoms with Gasteiger partial charge in [-0.25, -0.2) is 4.79 Å². The second-order valence-corrected chi connectivity index (χ2v) is 3.09. The lowest BCUT2D eigenvalue weighted by Gasteiger charge is -2.07. The summed E-state index contributed by atoms with van der Waals surface area (Å²) in [6.07, 6.45) is 0.732. The van der Waals surface area contributed by atoms with Crippen LogP contribution in [0, 0.1) is 10.1 Å². The van der Waals surface area contributed by atoms with Gasteiger partial charge in [0.1, 0.15) is 11.3 Å². The molecule has 0 spiro atoms. The molecule has 0 saturated heterocycles. The van der Waals surface area contributed by atoms with Crippen LogP contribution in [0.5, 0.6) is 5.75 Å². The summed E-state index contributed by atoms with van der Waals surface area (Å²) in [5.74, 6) is -1.09. The molecule has 0 aromatic heterocycles. The average Bonchev–Trinajstić information content (AvgIpc) is 2.25. The van der Waals surface area contributed by atoms with E-state index in [0.29, 0.717) is 6.61 Å². The minimum absolute atomic E-state index is 0.153. The summed E-state index contributed by atoms with van der Waals surface area (Å²) in [5, 5.41) is 19.3. The third-order valence-corrected chi connectivity index (χ3v) is 1.87. The maximum Gasteiger partial charge on any atom is 0.339 e. The molecular formula is C10H11NO5. The predicted molar refractivity (Wildman–Crippen MR) is 55.8 cm³/mol. The van der Waals surface area contributed by atoms with Crippen molar-refractivity contribution in [2.45, 2.75) is 13.3 Å². The van der Waals surface area contributed by atoms with Gasteiger partial charge in [0.05, 0.1) is 11.5 Å². The topological polar surface area (TPSA) is 89.7 Å². The number of nitro groups is 1. The molecule has 0 radical (unpaired) electrons. The van der Waals surface area contributed by atoms with Crippen LogP contribution in [-0.2, 0) is 0 Å². The normalized spacial score (nSPS) is 9.81. The van der Waals surface area contributed by atoms with Gasteiger partial charge in [0.15, 0.2) is 0 Å². The first-order valence-electron chi connectivity index (χ1n) is 4.70. The van der Waals surface area contributed by atoms with Crippen molar-refractivity contribution in [3.8, 4) is 5.75 Å². The van der Waals surface area contributed by atoms with E-state index in [1.54, 1.807) is 0 Å². The number of carboxylic acids is 1. The fourth-order valence-electron chi connectivity index (χ4n) is 1.14. The molecule has 0 aliphatic carbocycles. The molecule has 1 aromatic rings. The van der Waals surface area contributed by atoms with Crippen molar-refractivity contribution >= 4 is 11.7 Å². The Labute approximate surface area is 91.6 Å². The minimum Gasteiger partial charge on any atom is -0.493 e. The lowest BCUT2D eigenvalue weighted by molar-refractivity contribution is -0.384. The highest BCUT2D eigenvalue weighted by Gasteiger charge is 2.16. The van der Waals surface area contributed by atoms with Crippen LogP contribution in [0.3, 0.4) is 0 Å². The molecule has 0 bridgehead atoms. The number of hydrogen-bond acceptors (Lipinski definition) is 4. The van der Waals surface area contributed by atoms with Crippen LogP contribution in [-0.4, -0.2) is 22.6 Å². The van der Waals surface area contributed by atoms with E-state index in [0.717, 1.165) is 12.5 Å². The summed E-state index contributed by atoms with van der Waals surface area (Å²) in [6.45, 7) is 2.25. The van der Waals surface area contributed by atoms with E-state index < -0.39 is 10.9 Å². The molecule has 6 nitrogen and oxygen atoms in total. The van der Waals surface area contributed by atoms with Gasteiger partial charge in [0, 0.05) is 12.1 Å². The average molecular weight is 225 g/mol. The number of aromatic carboxylic acids is 1. The first-order valence-corrected chi connectivity index (χ1v) is 4.70. The predicted octanol–water partition coefficient (Wildman–Crippen LogP) is 2.08. The Hall–Kier alpha value is -2.11. The van der Waals surface area contributed by atoms with Crippen LogP contribution < -0.4 is 4.74 Å². The minimum atomic E-state index is -1.24. The van der Waals surface area contributed by atoms with E-state index in [-0.39, 0.29) is 17.0 Å². The van der Waals surface area contributed by atoms with Crippen molar-refractivity contribution in [3.05, 3.63) is 33.9 Å². The highest BCUT2D eigenvalue weighted by molar-refractivity contribution is 5.91. The Balaban J connectivity index is 3.09. The standard InChI is InChI=1S/C10H11NO5/c1-2-5-16-9-4-3-7(11(14)15)6-8(9)10(12)13/h3-4,6H,2,5H2,1H3,(H,12,13). The number of carboxylic acid groups (broad SMARTS) is 1. The maximum absolute atomic E-state index is 10.9. The van der Waals surface area contributed by atoms with E-state index in [1.165, 1.54) is 12.1 Å². The SMILES string of the molecule is CCCOc1ccc([N+](=O)[O-])cc1C(=O)O. The van der Waals surface area contributed by atoms with E-state index in [2.05, 4.69) is 0 Å². The Morgan fingerprint density at radius 2 is 2.25 bits per heavy atom. The first kappa shape index (κ1) is 12.0. The lowest BCUT2D eigenvalue weighted by atomic mass is 10.2. The number of ether oxygens (including phenoxy) is 1. The number of non-ortho nitro benzene ring substituents is 1. The second kappa shape index (κ2) is 5.11. The van der Waals surface area contributed by atoms with E-state index in [1.807, 2.05) is 6.92 Å². The molecule has 1 N–H and O–H groups in total. The molecule has 0 fully saturated rings. The van der Waals surface area contributed by atoms with Gasteiger partial charge in [0.2, 0.25) is 0 Å². The van der Waals surface area contributed by atoms with Crippen LogP contribution in [0.1, 0.15) is 23.7 Å². The molecule has 16 heavy (non-hydrogen) atoms. The van der Waals surface area contributed by atoms with E-state index >= 15 is 0 Å². The van der Waals surface area contributed by atoms with Crippen LogP contribution in [0.25, 0.3) is 0 Å². The highest BCUT2D eigenvalue weighted by Crippen LogP contribution is 2.24. The molecule has 0 aliphatic rings. The summed E-state index contributed by atoms with van der Waals surface area (Å²) in [6, 6.07) is 3.52. The number of hydrogen-bond donors (Lipinski definition) is 1. The third kappa shape index (κ3) is 2.69. The zero-order valence-corrected chi connectivity index (χ0v) is 8.67. The largest absolute Gasteiger partial charge is 0.493 e. The Kier molecular flexibility index (Phi) is 3.82. The number of nitrogens with zero attached hydrogens (tertiary/aromatic N) is 1. The molecule has 0 amide bonds. The Bertz CT molecular complexity index is 416. The van der Waals surface area contributed by atoms with Gasteiger partial charge in [-0.3, -0.25) is 10.1 Å². The van der Waals surface area contributed by atoms with Gasteiger partial charge in [-0.1, -0.05) is 6.92 Å². The van der Waals surface area contributed by atoms with Gasteiger partial charge in [-0.05, 0) is 12.5 Å². The van der Waals surface area contributed by atoms with Crippen LogP contribution in [0.4, 0.5) is 5.69 Å². The molecule has 1 aromatic carbocycles. The molecule has 0 atom stereocenters. The van der Waals surface area contributed by atoms with Gasteiger partial charge in [0.25, 0.3) is 5.69 Å². The van der Waals surface area contributed by atoms with Gasteiger partial charge >= 0.3 is 5.97 Å². The third-order valence-electron chi connectivity index (χ3n) is 1.87. The molecule has 6 heteroatoms. The highest BCUT2D eigenvalue weighted by atomic mass is 16.6. The van der Waals surface area contributed by atoms with Crippen molar-refractivity contribution in [3.63, 3.8) is 0 Å². The molecule has 86 valence electrons. The number of rotatable bonds is 5. The summed E-state index contributed by atoms with van der Waals surface area (Å²) >= 11 is 0. The van der Waals surface area contributed by atoms with Gasteiger partial charge < -0.3 is 9.84 Å². The molecule has 0 aliphatic heterocycles. The fourth-order valence-corrected chi connectivity index (χ4v) is 1.14. The van der Waals surface area contributed by atoms with Crippen molar-refractivity contribution < 1.29 is 19.6 Å². The Morgan fingerprint density at radius 3 is 2.75 bits per heavy atom. The van der Waals surface area contributed by atoms with Crippen LogP contribution in [0.15, 0.2) is 18.2 Å².